The Hall–Kier alpha value is -2.21. The minimum Gasteiger partial charge on any atom is -0.493 e. The molecule has 0 aliphatic rings. The third-order valence-electron chi connectivity index (χ3n) is 2.84. The Morgan fingerprint density at radius 3 is 2.30 bits per heavy atom. The average molecular weight is 278 g/mol. The predicted molar refractivity (Wildman–Crippen MR) is 73.0 cm³/mol. The summed E-state index contributed by atoms with van der Waals surface area (Å²) in [5, 5.41) is 13.5. The molecule has 6 nitrogen and oxygen atoms in total. The van der Waals surface area contributed by atoms with Gasteiger partial charge in [0, 0.05) is 13.2 Å². The molecule has 0 aliphatic heterocycles. The van der Waals surface area contributed by atoms with Gasteiger partial charge in [0.15, 0.2) is 11.5 Å². The van der Waals surface area contributed by atoms with E-state index in [1.807, 2.05) is 19.3 Å². The van der Waals surface area contributed by atoms with Crippen LogP contribution in [0, 0.1) is 0 Å². The molecule has 0 atom stereocenters. The van der Waals surface area contributed by atoms with Gasteiger partial charge in [-0.05, 0) is 23.8 Å². The second-order valence-corrected chi connectivity index (χ2v) is 4.26. The maximum atomic E-state index is 9.21. The molecule has 1 N–H and O–H groups in total. The number of methoxy groups -OCH3 is 2. The number of hydrogen-bond donors (Lipinski definition) is 1. The van der Waals surface area contributed by atoms with Gasteiger partial charge in [-0.2, -0.15) is 5.10 Å². The molecule has 0 unspecified atom stereocenters. The van der Waals surface area contributed by atoms with Gasteiger partial charge in [0.2, 0.25) is 5.75 Å². The fourth-order valence-corrected chi connectivity index (χ4v) is 1.85. The van der Waals surface area contributed by atoms with Crippen molar-refractivity contribution < 1.29 is 19.3 Å². The summed E-state index contributed by atoms with van der Waals surface area (Å²) in [5.41, 5.74) is 1.51. The van der Waals surface area contributed by atoms with Crippen LogP contribution in [0.1, 0.15) is 11.3 Å². The number of aromatic nitrogens is 2. The lowest BCUT2D eigenvalue weighted by molar-refractivity contribution is 0.257. The molecule has 0 aliphatic carbocycles. The molecule has 6 heteroatoms. The van der Waals surface area contributed by atoms with Crippen LogP contribution in [0.5, 0.6) is 17.2 Å². The smallest absolute Gasteiger partial charge is 0.203 e. The molecule has 0 radical (unpaired) electrons. The second kappa shape index (κ2) is 6.29. The highest BCUT2D eigenvalue weighted by Gasteiger charge is 2.14. The van der Waals surface area contributed by atoms with Crippen LogP contribution in [0.2, 0.25) is 0 Å². The number of ether oxygens (including phenoxy) is 3. The van der Waals surface area contributed by atoms with E-state index in [4.69, 9.17) is 14.2 Å². The van der Waals surface area contributed by atoms with Crippen molar-refractivity contribution >= 4 is 0 Å². The lowest BCUT2D eigenvalue weighted by atomic mass is 10.2. The minimum atomic E-state index is -0.0900. The van der Waals surface area contributed by atoms with E-state index >= 15 is 0 Å². The van der Waals surface area contributed by atoms with Crippen molar-refractivity contribution in [2.75, 3.05) is 14.2 Å². The van der Waals surface area contributed by atoms with Gasteiger partial charge >= 0.3 is 0 Å². The summed E-state index contributed by atoms with van der Waals surface area (Å²) in [7, 11) is 4.94. The quantitative estimate of drug-likeness (QED) is 0.867. The molecule has 0 spiro atoms. The van der Waals surface area contributed by atoms with Crippen LogP contribution in [0.15, 0.2) is 24.4 Å². The maximum absolute atomic E-state index is 9.21. The van der Waals surface area contributed by atoms with Gasteiger partial charge < -0.3 is 19.3 Å². The summed E-state index contributed by atoms with van der Waals surface area (Å²) in [6.07, 6.45) is 1.85. The molecule has 2 aromatic rings. The number of rotatable bonds is 6. The fourth-order valence-electron chi connectivity index (χ4n) is 1.85. The average Bonchev–Trinajstić information content (AvgIpc) is 2.89. The minimum absolute atomic E-state index is 0.0900. The van der Waals surface area contributed by atoms with E-state index in [1.165, 1.54) is 0 Å². The molecular formula is C14H18N2O4. The third-order valence-corrected chi connectivity index (χ3v) is 2.84. The van der Waals surface area contributed by atoms with Crippen LogP contribution < -0.4 is 14.2 Å². The lowest BCUT2D eigenvalue weighted by Gasteiger charge is -2.15. The normalized spacial score (nSPS) is 10.4. The van der Waals surface area contributed by atoms with Gasteiger partial charge in [-0.15, -0.1) is 0 Å². The third kappa shape index (κ3) is 3.03. The van der Waals surface area contributed by atoms with Gasteiger partial charge in [-0.3, -0.25) is 4.68 Å². The number of nitrogens with zero attached hydrogens (tertiary/aromatic N) is 2. The standard InChI is InChI=1S/C14H18N2O4/c1-16-5-4-11(15-16)9-20-14-12(18-2)6-10(8-17)7-13(14)19-3/h4-7,17H,8-9H2,1-3H3. The molecule has 20 heavy (non-hydrogen) atoms. The number of benzene rings is 1. The van der Waals surface area contributed by atoms with Crippen molar-refractivity contribution in [1.29, 1.82) is 0 Å². The first-order chi connectivity index (χ1) is 9.67. The zero-order valence-corrected chi connectivity index (χ0v) is 11.8. The summed E-state index contributed by atoms with van der Waals surface area (Å²) < 4.78 is 18.0. The molecule has 0 fully saturated rings. The Morgan fingerprint density at radius 1 is 1.20 bits per heavy atom. The predicted octanol–water partition coefficient (Wildman–Crippen LogP) is 1.51. The van der Waals surface area contributed by atoms with Crippen LogP contribution >= 0.6 is 0 Å². The van der Waals surface area contributed by atoms with Crippen molar-refractivity contribution in [1.82, 2.24) is 9.78 Å². The lowest BCUT2D eigenvalue weighted by Crippen LogP contribution is -2.02. The number of aryl methyl sites for hydroxylation is 1. The van der Waals surface area contributed by atoms with Crippen molar-refractivity contribution in [3.05, 3.63) is 35.7 Å². The van der Waals surface area contributed by atoms with E-state index in [2.05, 4.69) is 5.10 Å². The Labute approximate surface area is 117 Å². The van der Waals surface area contributed by atoms with Gasteiger partial charge in [-0.1, -0.05) is 0 Å². The highest BCUT2D eigenvalue weighted by Crippen LogP contribution is 2.39. The summed E-state index contributed by atoms with van der Waals surface area (Å²) in [5.74, 6) is 1.53. The second-order valence-electron chi connectivity index (χ2n) is 4.26. The van der Waals surface area contributed by atoms with E-state index in [-0.39, 0.29) is 6.61 Å². The number of aliphatic hydroxyl groups excluding tert-OH is 1. The molecule has 0 bridgehead atoms. The molecule has 0 amide bonds. The van der Waals surface area contributed by atoms with Gasteiger partial charge in [0.25, 0.3) is 0 Å². The van der Waals surface area contributed by atoms with Crippen LogP contribution in [0.3, 0.4) is 0 Å². The summed E-state index contributed by atoms with van der Waals surface area (Å²) in [4.78, 5) is 0. The molecule has 1 aromatic carbocycles. The molecule has 108 valence electrons. The zero-order valence-electron chi connectivity index (χ0n) is 11.8. The van der Waals surface area contributed by atoms with Gasteiger partial charge in [-0.25, -0.2) is 0 Å². The first-order valence-electron chi connectivity index (χ1n) is 6.15. The fraction of sp³-hybridized carbons (Fsp3) is 0.357. The van der Waals surface area contributed by atoms with Gasteiger partial charge in [0.1, 0.15) is 6.61 Å². The van der Waals surface area contributed by atoms with E-state index < -0.39 is 0 Å². The topological polar surface area (TPSA) is 65.7 Å². The summed E-state index contributed by atoms with van der Waals surface area (Å²) in [6.45, 7) is 0.222. The van der Waals surface area contributed by atoms with E-state index in [0.29, 0.717) is 29.4 Å². The Morgan fingerprint density at radius 2 is 1.85 bits per heavy atom. The number of hydrogen-bond acceptors (Lipinski definition) is 5. The zero-order chi connectivity index (χ0) is 14.5. The Balaban J connectivity index is 2.24. The van der Waals surface area contributed by atoms with E-state index in [0.717, 1.165) is 5.69 Å². The van der Waals surface area contributed by atoms with E-state index in [9.17, 15) is 5.11 Å². The number of aliphatic hydroxyl groups is 1. The van der Waals surface area contributed by atoms with Crippen molar-refractivity contribution in [3.8, 4) is 17.2 Å². The summed E-state index contributed by atoms with van der Waals surface area (Å²) in [6, 6.07) is 5.31. The van der Waals surface area contributed by atoms with Crippen molar-refractivity contribution in [2.24, 2.45) is 7.05 Å². The van der Waals surface area contributed by atoms with E-state index in [1.54, 1.807) is 31.0 Å². The first kappa shape index (κ1) is 14.2. The van der Waals surface area contributed by atoms with Crippen LogP contribution in [-0.4, -0.2) is 29.1 Å². The Kier molecular flexibility index (Phi) is 4.47. The highest BCUT2D eigenvalue weighted by atomic mass is 16.5. The molecule has 1 aromatic heterocycles. The SMILES string of the molecule is COc1cc(CO)cc(OC)c1OCc1ccn(C)n1. The van der Waals surface area contributed by atoms with Crippen molar-refractivity contribution in [3.63, 3.8) is 0 Å². The molecule has 1 heterocycles. The summed E-state index contributed by atoms with van der Waals surface area (Å²) >= 11 is 0. The molecule has 0 saturated heterocycles. The molecule has 2 rings (SSSR count). The van der Waals surface area contributed by atoms with Crippen molar-refractivity contribution in [2.45, 2.75) is 13.2 Å². The largest absolute Gasteiger partial charge is 0.493 e. The van der Waals surface area contributed by atoms with Crippen LogP contribution in [0.25, 0.3) is 0 Å². The van der Waals surface area contributed by atoms with Crippen LogP contribution in [-0.2, 0) is 20.3 Å². The molecular weight excluding hydrogens is 260 g/mol. The Bertz CT molecular complexity index is 555. The maximum Gasteiger partial charge on any atom is 0.203 e. The monoisotopic (exact) mass is 278 g/mol. The van der Waals surface area contributed by atoms with Gasteiger partial charge in [0.05, 0.1) is 26.5 Å². The highest BCUT2D eigenvalue weighted by molar-refractivity contribution is 5.53. The van der Waals surface area contributed by atoms with Crippen LogP contribution in [0.4, 0.5) is 0 Å². The first-order valence-corrected chi connectivity index (χ1v) is 6.15. The molecule has 0 saturated carbocycles.